The van der Waals surface area contributed by atoms with Gasteiger partial charge in [-0.15, -0.1) is 0 Å². The summed E-state index contributed by atoms with van der Waals surface area (Å²) in [6.07, 6.45) is 5.85. The van der Waals surface area contributed by atoms with Crippen LogP contribution < -0.4 is 5.32 Å². The minimum Gasteiger partial charge on any atom is -0.463 e. The van der Waals surface area contributed by atoms with Crippen LogP contribution >= 0.6 is 0 Å². The molecule has 0 aliphatic heterocycles. The highest BCUT2D eigenvalue weighted by atomic mass is 16.6. The number of ether oxygens (including phenoxy) is 2. The topological polar surface area (TPSA) is 64.6 Å². The molecular weight excluding hydrogens is 378 g/mol. The Labute approximate surface area is 177 Å². The minimum absolute atomic E-state index is 0.255. The van der Waals surface area contributed by atoms with Gasteiger partial charge in [0.15, 0.2) is 0 Å². The van der Waals surface area contributed by atoms with Crippen molar-refractivity contribution in [3.05, 3.63) is 64.2 Å². The van der Waals surface area contributed by atoms with Crippen molar-refractivity contribution in [2.75, 3.05) is 11.9 Å². The van der Waals surface area contributed by atoms with Gasteiger partial charge in [-0.25, -0.2) is 9.59 Å². The average Bonchev–Trinajstić information content (AvgIpc) is 3.41. The van der Waals surface area contributed by atoms with E-state index in [9.17, 15) is 9.59 Å². The van der Waals surface area contributed by atoms with Gasteiger partial charge in [0.1, 0.15) is 0 Å². The summed E-state index contributed by atoms with van der Waals surface area (Å²) in [4.78, 5) is 25.2. The van der Waals surface area contributed by atoms with E-state index in [4.69, 9.17) is 9.47 Å². The highest BCUT2D eigenvalue weighted by molar-refractivity contribution is 5.90. The fourth-order valence-electron chi connectivity index (χ4n) is 4.63. The first-order valence-corrected chi connectivity index (χ1v) is 11.0. The molecule has 0 bridgehead atoms. The van der Waals surface area contributed by atoms with Crippen molar-refractivity contribution < 1.29 is 19.1 Å². The van der Waals surface area contributed by atoms with Crippen molar-refractivity contribution in [1.82, 2.24) is 0 Å². The highest BCUT2D eigenvalue weighted by Gasteiger charge is 2.28. The van der Waals surface area contributed by atoms with Gasteiger partial charge in [-0.05, 0) is 86.1 Å². The Morgan fingerprint density at radius 2 is 1.67 bits per heavy atom. The van der Waals surface area contributed by atoms with Crippen LogP contribution in [0.4, 0.5) is 10.5 Å². The van der Waals surface area contributed by atoms with Crippen molar-refractivity contribution in [2.45, 2.75) is 64.4 Å². The summed E-state index contributed by atoms with van der Waals surface area (Å²) >= 11 is 0. The second kappa shape index (κ2) is 9.33. The van der Waals surface area contributed by atoms with Crippen LogP contribution in [0.15, 0.2) is 36.4 Å². The number of amides is 1. The SMILES string of the molecule is CCOC(=O)C(CCc1ccccc1)OC(=O)Nc1c2c(cc3c1CCC3)CCC2. The zero-order chi connectivity index (χ0) is 20.9. The number of anilines is 1. The van der Waals surface area contributed by atoms with E-state index < -0.39 is 18.2 Å². The van der Waals surface area contributed by atoms with E-state index in [0.29, 0.717) is 12.8 Å². The molecule has 158 valence electrons. The first kappa shape index (κ1) is 20.5. The molecule has 2 aromatic carbocycles. The molecule has 2 aromatic rings. The van der Waals surface area contributed by atoms with Crippen LogP contribution in [0.3, 0.4) is 0 Å². The van der Waals surface area contributed by atoms with Crippen LogP contribution in [0.5, 0.6) is 0 Å². The number of esters is 1. The molecule has 0 spiro atoms. The quantitative estimate of drug-likeness (QED) is 0.671. The first-order chi connectivity index (χ1) is 14.7. The van der Waals surface area contributed by atoms with Crippen molar-refractivity contribution in [1.29, 1.82) is 0 Å². The standard InChI is InChI=1S/C25H29NO4/c1-2-29-24(27)22(15-14-17-8-4-3-5-9-17)30-25(28)26-23-20-12-6-10-18(20)16-19-11-7-13-21(19)23/h3-5,8-9,16,22H,2,6-7,10-15H2,1H3,(H,26,28). The zero-order valence-electron chi connectivity index (χ0n) is 17.5. The van der Waals surface area contributed by atoms with Gasteiger partial charge in [0.25, 0.3) is 0 Å². The van der Waals surface area contributed by atoms with E-state index in [1.54, 1.807) is 6.92 Å². The van der Waals surface area contributed by atoms with Crippen molar-refractivity contribution in [3.8, 4) is 0 Å². The Kier molecular flexibility index (Phi) is 6.36. The summed E-state index contributed by atoms with van der Waals surface area (Å²) in [7, 11) is 0. The second-order valence-corrected chi connectivity index (χ2v) is 8.03. The lowest BCUT2D eigenvalue weighted by atomic mass is 9.99. The lowest BCUT2D eigenvalue weighted by Gasteiger charge is -2.19. The maximum absolute atomic E-state index is 12.8. The normalized spacial score (nSPS) is 15.2. The number of nitrogens with one attached hydrogen (secondary N) is 1. The number of hydrogen-bond donors (Lipinski definition) is 1. The molecule has 1 amide bonds. The molecule has 5 nitrogen and oxygen atoms in total. The summed E-state index contributed by atoms with van der Waals surface area (Å²) in [6.45, 7) is 2.01. The summed E-state index contributed by atoms with van der Waals surface area (Å²) in [5.74, 6) is -0.493. The van der Waals surface area contributed by atoms with Crippen LogP contribution in [-0.4, -0.2) is 24.8 Å². The second-order valence-electron chi connectivity index (χ2n) is 8.03. The van der Waals surface area contributed by atoms with Crippen molar-refractivity contribution in [2.24, 2.45) is 0 Å². The minimum atomic E-state index is -0.921. The van der Waals surface area contributed by atoms with Crippen LogP contribution in [0.25, 0.3) is 0 Å². The fraction of sp³-hybridized carbons (Fsp3) is 0.440. The van der Waals surface area contributed by atoms with Crippen LogP contribution in [0.1, 0.15) is 54.0 Å². The summed E-state index contributed by atoms with van der Waals surface area (Å²) in [5, 5.41) is 3.00. The predicted octanol–water partition coefficient (Wildman–Crippen LogP) is 4.78. The van der Waals surface area contributed by atoms with E-state index in [0.717, 1.165) is 49.8 Å². The molecule has 0 heterocycles. The number of carbonyl (C=O) groups excluding carboxylic acids is 2. The molecule has 0 aromatic heterocycles. The predicted molar refractivity (Wildman–Crippen MR) is 116 cm³/mol. The van der Waals surface area contributed by atoms with Crippen molar-refractivity contribution >= 4 is 17.7 Å². The Bertz CT molecular complexity index is 890. The maximum atomic E-state index is 12.8. The van der Waals surface area contributed by atoms with Gasteiger partial charge in [-0.1, -0.05) is 36.4 Å². The number of benzene rings is 2. The molecule has 1 atom stereocenters. The molecule has 5 heteroatoms. The van der Waals surface area contributed by atoms with Crippen LogP contribution in [0.2, 0.25) is 0 Å². The summed E-state index contributed by atoms with van der Waals surface area (Å²) < 4.78 is 10.7. The molecule has 0 saturated carbocycles. The lowest BCUT2D eigenvalue weighted by Crippen LogP contribution is -2.32. The molecular formula is C25H29NO4. The number of aryl methyl sites for hydroxylation is 3. The molecule has 0 radical (unpaired) electrons. The van der Waals surface area contributed by atoms with Gasteiger partial charge >= 0.3 is 12.1 Å². The Morgan fingerprint density at radius 1 is 1.00 bits per heavy atom. The largest absolute Gasteiger partial charge is 0.463 e. The van der Waals surface area contributed by atoms with Gasteiger partial charge in [0.05, 0.1) is 12.3 Å². The third kappa shape index (κ3) is 4.50. The average molecular weight is 408 g/mol. The fourth-order valence-corrected chi connectivity index (χ4v) is 4.63. The van der Waals surface area contributed by atoms with E-state index in [1.165, 1.54) is 22.3 Å². The summed E-state index contributed by atoms with van der Waals surface area (Å²) in [5.41, 5.74) is 7.19. The number of rotatable bonds is 7. The zero-order valence-corrected chi connectivity index (χ0v) is 17.5. The molecule has 1 unspecified atom stereocenters. The van der Waals surface area contributed by atoms with Crippen LogP contribution in [0, 0.1) is 0 Å². The highest BCUT2D eigenvalue weighted by Crippen LogP contribution is 2.38. The molecule has 2 aliphatic carbocycles. The van der Waals surface area contributed by atoms with Gasteiger partial charge in [0, 0.05) is 0 Å². The Balaban J connectivity index is 1.47. The van der Waals surface area contributed by atoms with E-state index >= 15 is 0 Å². The Morgan fingerprint density at radius 3 is 2.30 bits per heavy atom. The molecule has 4 rings (SSSR count). The van der Waals surface area contributed by atoms with E-state index in [-0.39, 0.29) is 6.61 Å². The molecule has 30 heavy (non-hydrogen) atoms. The third-order valence-corrected chi connectivity index (χ3v) is 6.04. The monoisotopic (exact) mass is 407 g/mol. The van der Waals surface area contributed by atoms with Crippen LogP contribution in [-0.2, 0) is 46.4 Å². The van der Waals surface area contributed by atoms with E-state index in [1.807, 2.05) is 30.3 Å². The van der Waals surface area contributed by atoms with Gasteiger partial charge in [-0.3, -0.25) is 5.32 Å². The molecule has 1 N–H and O–H groups in total. The molecule has 0 fully saturated rings. The molecule has 2 aliphatic rings. The number of hydrogen-bond acceptors (Lipinski definition) is 4. The first-order valence-electron chi connectivity index (χ1n) is 11.0. The third-order valence-electron chi connectivity index (χ3n) is 6.04. The maximum Gasteiger partial charge on any atom is 0.412 e. The number of carbonyl (C=O) groups is 2. The summed E-state index contributed by atoms with van der Waals surface area (Å²) in [6, 6.07) is 12.2. The number of fused-ring (bicyclic) bond motifs is 2. The van der Waals surface area contributed by atoms with Crippen molar-refractivity contribution in [3.63, 3.8) is 0 Å². The van der Waals surface area contributed by atoms with Gasteiger partial charge in [0.2, 0.25) is 6.10 Å². The smallest absolute Gasteiger partial charge is 0.412 e. The lowest BCUT2D eigenvalue weighted by molar-refractivity contribution is -0.153. The van der Waals surface area contributed by atoms with Gasteiger partial charge < -0.3 is 9.47 Å². The molecule has 0 saturated heterocycles. The van der Waals surface area contributed by atoms with Gasteiger partial charge in [-0.2, -0.15) is 0 Å². The Hall–Kier alpha value is -2.82. The van der Waals surface area contributed by atoms with E-state index in [2.05, 4.69) is 11.4 Å².